The number of carbonyl (C=O) groups is 2. The predicted octanol–water partition coefficient (Wildman–Crippen LogP) is 2.24. The Kier molecular flexibility index (Phi) is 5.42. The van der Waals surface area contributed by atoms with E-state index in [1.807, 2.05) is 18.2 Å². The highest BCUT2D eigenvalue weighted by molar-refractivity contribution is 5.95. The molecule has 0 aliphatic carbocycles. The summed E-state index contributed by atoms with van der Waals surface area (Å²) in [5.74, 6) is -1.50. The summed E-state index contributed by atoms with van der Waals surface area (Å²) in [4.78, 5) is 28.0. The Morgan fingerprint density at radius 2 is 1.83 bits per heavy atom. The number of esters is 1. The standard InChI is InChI=1S/C21H19FN4O4/c1-29-21(28)18-11-15(30-19-10-6-5-9-16(19)22)13-25(18)20(27)17-12-23-26(24-17)14-7-3-2-4-8-14/h2-10,12,15,18H,11,13H2,1H3. The molecule has 0 radical (unpaired) electrons. The maximum atomic E-state index is 13.9. The van der Waals surface area contributed by atoms with Gasteiger partial charge in [0.25, 0.3) is 5.91 Å². The summed E-state index contributed by atoms with van der Waals surface area (Å²) in [6, 6.07) is 14.3. The van der Waals surface area contributed by atoms with Gasteiger partial charge >= 0.3 is 5.97 Å². The van der Waals surface area contributed by atoms with Crippen LogP contribution in [0.5, 0.6) is 5.75 Å². The third-order valence-electron chi connectivity index (χ3n) is 4.83. The molecule has 2 atom stereocenters. The number of amides is 1. The minimum Gasteiger partial charge on any atom is -0.485 e. The molecule has 0 N–H and O–H groups in total. The largest absolute Gasteiger partial charge is 0.485 e. The molecule has 2 heterocycles. The van der Waals surface area contributed by atoms with Gasteiger partial charge < -0.3 is 14.4 Å². The highest BCUT2D eigenvalue weighted by Crippen LogP contribution is 2.26. The molecule has 4 rings (SSSR count). The molecule has 2 aromatic carbocycles. The first-order chi connectivity index (χ1) is 14.6. The van der Waals surface area contributed by atoms with Gasteiger partial charge in [0, 0.05) is 6.42 Å². The quantitative estimate of drug-likeness (QED) is 0.600. The second-order valence-electron chi connectivity index (χ2n) is 6.76. The normalized spacial score (nSPS) is 18.3. The predicted molar refractivity (Wildman–Crippen MR) is 104 cm³/mol. The summed E-state index contributed by atoms with van der Waals surface area (Å²) in [5.41, 5.74) is 0.780. The first-order valence-electron chi connectivity index (χ1n) is 9.34. The molecule has 0 saturated carbocycles. The number of benzene rings is 2. The molecule has 1 fully saturated rings. The van der Waals surface area contributed by atoms with Crippen LogP contribution in [0.3, 0.4) is 0 Å². The zero-order valence-corrected chi connectivity index (χ0v) is 16.1. The summed E-state index contributed by atoms with van der Waals surface area (Å²) in [5, 5.41) is 8.36. The first-order valence-corrected chi connectivity index (χ1v) is 9.34. The zero-order valence-electron chi connectivity index (χ0n) is 16.1. The Labute approximate surface area is 171 Å². The fourth-order valence-electron chi connectivity index (χ4n) is 3.38. The van der Waals surface area contributed by atoms with Crippen molar-refractivity contribution >= 4 is 11.9 Å². The van der Waals surface area contributed by atoms with Crippen molar-refractivity contribution in [1.82, 2.24) is 19.9 Å². The van der Waals surface area contributed by atoms with Crippen LogP contribution in [0.15, 0.2) is 60.8 Å². The molecule has 1 aromatic heterocycles. The Hall–Kier alpha value is -3.75. The van der Waals surface area contributed by atoms with Gasteiger partial charge in [0.15, 0.2) is 17.3 Å². The van der Waals surface area contributed by atoms with E-state index in [0.717, 1.165) is 0 Å². The van der Waals surface area contributed by atoms with Crippen LogP contribution in [0.2, 0.25) is 0 Å². The number of ether oxygens (including phenoxy) is 2. The lowest BCUT2D eigenvalue weighted by molar-refractivity contribution is -0.145. The van der Waals surface area contributed by atoms with Crippen molar-refractivity contribution in [3.05, 3.63) is 72.3 Å². The highest BCUT2D eigenvalue weighted by atomic mass is 19.1. The number of likely N-dealkylation sites (tertiary alicyclic amines) is 1. The Morgan fingerprint density at radius 3 is 2.57 bits per heavy atom. The van der Waals surface area contributed by atoms with E-state index in [1.54, 1.807) is 24.3 Å². The molecular formula is C21H19FN4O4. The molecule has 0 bridgehead atoms. The molecule has 1 aliphatic rings. The van der Waals surface area contributed by atoms with Crippen LogP contribution in [-0.4, -0.2) is 57.6 Å². The molecule has 2 unspecified atom stereocenters. The summed E-state index contributed by atoms with van der Waals surface area (Å²) < 4.78 is 24.5. The summed E-state index contributed by atoms with van der Waals surface area (Å²) >= 11 is 0. The van der Waals surface area contributed by atoms with E-state index in [9.17, 15) is 14.0 Å². The second kappa shape index (κ2) is 8.32. The van der Waals surface area contributed by atoms with Crippen LogP contribution in [0.25, 0.3) is 5.69 Å². The van der Waals surface area contributed by atoms with Crippen molar-refractivity contribution in [2.24, 2.45) is 0 Å². The number of hydrogen-bond donors (Lipinski definition) is 0. The van der Waals surface area contributed by atoms with Crippen LogP contribution >= 0.6 is 0 Å². The number of carbonyl (C=O) groups excluding carboxylic acids is 2. The van der Waals surface area contributed by atoms with Crippen molar-refractivity contribution in [2.75, 3.05) is 13.7 Å². The Morgan fingerprint density at radius 1 is 1.10 bits per heavy atom. The zero-order chi connectivity index (χ0) is 21.1. The molecule has 1 saturated heterocycles. The summed E-state index contributed by atoms with van der Waals surface area (Å²) in [7, 11) is 1.25. The van der Waals surface area contributed by atoms with Crippen molar-refractivity contribution in [3.63, 3.8) is 0 Å². The van der Waals surface area contributed by atoms with E-state index in [4.69, 9.17) is 9.47 Å². The summed E-state index contributed by atoms with van der Waals surface area (Å²) in [6.07, 6.45) is 0.952. The van der Waals surface area contributed by atoms with Gasteiger partial charge in [0.2, 0.25) is 0 Å². The maximum Gasteiger partial charge on any atom is 0.328 e. The minimum absolute atomic E-state index is 0.0652. The van der Waals surface area contributed by atoms with E-state index in [2.05, 4.69) is 10.2 Å². The number of aromatic nitrogens is 3. The van der Waals surface area contributed by atoms with Gasteiger partial charge in [0.05, 0.1) is 25.5 Å². The van der Waals surface area contributed by atoms with Gasteiger partial charge in [-0.3, -0.25) is 4.79 Å². The van der Waals surface area contributed by atoms with Crippen molar-refractivity contribution < 1.29 is 23.5 Å². The number of rotatable bonds is 5. The van der Waals surface area contributed by atoms with Crippen LogP contribution in [-0.2, 0) is 9.53 Å². The van der Waals surface area contributed by atoms with Crippen LogP contribution in [0.4, 0.5) is 4.39 Å². The van der Waals surface area contributed by atoms with E-state index in [0.29, 0.717) is 5.69 Å². The Bertz CT molecular complexity index is 1060. The molecular weight excluding hydrogens is 391 g/mol. The van der Waals surface area contributed by atoms with Crippen LogP contribution in [0, 0.1) is 5.82 Å². The molecule has 1 aliphatic heterocycles. The molecule has 30 heavy (non-hydrogen) atoms. The average Bonchev–Trinajstić information content (AvgIpc) is 3.43. The molecule has 3 aromatic rings. The molecule has 0 spiro atoms. The number of methoxy groups -OCH3 is 1. The fourth-order valence-corrected chi connectivity index (χ4v) is 3.38. The number of para-hydroxylation sites is 2. The van der Waals surface area contributed by atoms with Gasteiger partial charge in [-0.2, -0.15) is 9.90 Å². The SMILES string of the molecule is COC(=O)C1CC(Oc2ccccc2F)CN1C(=O)c1cnn(-c2ccccc2)n1. The molecule has 1 amide bonds. The number of hydrogen-bond acceptors (Lipinski definition) is 6. The highest BCUT2D eigenvalue weighted by Gasteiger charge is 2.42. The van der Waals surface area contributed by atoms with Crippen LogP contribution < -0.4 is 4.74 Å². The Balaban J connectivity index is 1.55. The van der Waals surface area contributed by atoms with Crippen LogP contribution in [0.1, 0.15) is 16.9 Å². The average molecular weight is 410 g/mol. The fraction of sp³-hybridized carbons (Fsp3) is 0.238. The molecule has 8 nitrogen and oxygen atoms in total. The van der Waals surface area contributed by atoms with Gasteiger partial charge in [-0.1, -0.05) is 30.3 Å². The third-order valence-corrected chi connectivity index (χ3v) is 4.83. The van der Waals surface area contributed by atoms with Crippen molar-refractivity contribution in [3.8, 4) is 11.4 Å². The molecule has 9 heteroatoms. The smallest absolute Gasteiger partial charge is 0.328 e. The monoisotopic (exact) mass is 410 g/mol. The lowest BCUT2D eigenvalue weighted by atomic mass is 10.2. The maximum absolute atomic E-state index is 13.9. The van der Waals surface area contributed by atoms with Gasteiger partial charge in [0.1, 0.15) is 12.1 Å². The lowest BCUT2D eigenvalue weighted by Gasteiger charge is -2.21. The second-order valence-corrected chi connectivity index (χ2v) is 6.76. The van der Waals surface area contributed by atoms with Gasteiger partial charge in [-0.15, -0.1) is 5.10 Å². The number of nitrogens with zero attached hydrogens (tertiary/aromatic N) is 4. The summed E-state index contributed by atoms with van der Waals surface area (Å²) in [6.45, 7) is 0.0884. The van der Waals surface area contributed by atoms with Crippen molar-refractivity contribution in [1.29, 1.82) is 0 Å². The van der Waals surface area contributed by atoms with E-state index < -0.39 is 29.8 Å². The third kappa shape index (κ3) is 3.86. The molecule has 154 valence electrons. The van der Waals surface area contributed by atoms with Gasteiger partial charge in [-0.25, -0.2) is 9.18 Å². The lowest BCUT2D eigenvalue weighted by Crippen LogP contribution is -2.41. The first kappa shape index (κ1) is 19.6. The van der Waals surface area contributed by atoms with Crippen molar-refractivity contribution in [2.45, 2.75) is 18.6 Å². The van der Waals surface area contributed by atoms with E-state index in [1.165, 1.54) is 35.1 Å². The topological polar surface area (TPSA) is 86.5 Å². The minimum atomic E-state index is -0.860. The van der Waals surface area contributed by atoms with Gasteiger partial charge in [-0.05, 0) is 24.3 Å². The van der Waals surface area contributed by atoms with E-state index in [-0.39, 0.29) is 24.4 Å². The number of halogens is 1. The van der Waals surface area contributed by atoms with E-state index >= 15 is 0 Å².